The lowest BCUT2D eigenvalue weighted by Gasteiger charge is -2.41. The van der Waals surface area contributed by atoms with E-state index in [-0.39, 0.29) is 37.5 Å². The number of halogens is 2. The minimum Gasteiger partial charge on any atom is -0.456 e. The van der Waals surface area contributed by atoms with E-state index >= 15 is 8.78 Å². The topological polar surface area (TPSA) is 131 Å². The number of hydrogen-bond acceptors (Lipinski definition) is 8. The summed E-state index contributed by atoms with van der Waals surface area (Å²) in [7, 11) is 0. The van der Waals surface area contributed by atoms with Gasteiger partial charge in [-0.1, -0.05) is 48.0 Å². The lowest BCUT2D eigenvalue weighted by molar-refractivity contribution is -0.131. The molecule has 3 N–H and O–H groups in total. The van der Waals surface area contributed by atoms with Gasteiger partial charge in [0, 0.05) is 24.9 Å². The largest absolute Gasteiger partial charge is 0.456 e. The first-order chi connectivity index (χ1) is 23.0. The second-order valence-electron chi connectivity index (χ2n) is 11.4. The Morgan fingerprint density at radius 3 is 2.40 bits per heavy atom. The summed E-state index contributed by atoms with van der Waals surface area (Å²) >= 11 is 0. The normalized spacial score (nSPS) is 13.3. The van der Waals surface area contributed by atoms with Crippen LogP contribution in [0, 0.1) is 6.92 Å². The first-order valence-corrected chi connectivity index (χ1v) is 15.4. The Hall–Kier alpha value is -5.65. The van der Waals surface area contributed by atoms with Crippen LogP contribution in [0.25, 0.3) is 0 Å². The fourth-order valence-electron chi connectivity index (χ4n) is 5.44. The molecule has 0 spiro atoms. The number of nitrogens with one attached hydrogen (secondary N) is 1. The molecule has 12 heteroatoms. The van der Waals surface area contributed by atoms with Crippen molar-refractivity contribution in [1.29, 1.82) is 0 Å². The molecular formula is C36H36F2N6O4. The van der Waals surface area contributed by atoms with Crippen LogP contribution in [-0.2, 0) is 33.4 Å². The maximum atomic E-state index is 15.5. The number of benzene rings is 2. The summed E-state index contributed by atoms with van der Waals surface area (Å²) in [4.78, 5) is 47.9. The minimum absolute atomic E-state index is 0.0346. The zero-order chi connectivity index (χ0) is 34.3. The molecule has 0 bridgehead atoms. The van der Waals surface area contributed by atoms with Gasteiger partial charge in [-0.3, -0.25) is 19.6 Å². The molecule has 5 rings (SSSR count). The van der Waals surface area contributed by atoms with Crippen LogP contribution in [0.15, 0.2) is 102 Å². The SMILES string of the molecule is CC1=C(CC(=O)NCc2c(C)cc(N)nc2COC(=O)c2ccccc2)C(=O)N(N(CC(F)(F)c2ccccn2)c2ccccc2)CC1. The van der Waals surface area contributed by atoms with Gasteiger partial charge in [-0.2, -0.15) is 8.78 Å². The molecule has 1 aliphatic rings. The van der Waals surface area contributed by atoms with Crippen LogP contribution in [0.5, 0.6) is 0 Å². The van der Waals surface area contributed by atoms with Crippen LogP contribution < -0.4 is 16.1 Å². The number of carbonyl (C=O) groups excluding carboxylic acids is 3. The number of alkyl halides is 2. The van der Waals surface area contributed by atoms with Crippen LogP contribution in [0.4, 0.5) is 20.3 Å². The van der Waals surface area contributed by atoms with Crippen LogP contribution in [-0.4, -0.2) is 45.9 Å². The predicted octanol–water partition coefficient (Wildman–Crippen LogP) is 5.49. The highest BCUT2D eigenvalue weighted by atomic mass is 19.3. The van der Waals surface area contributed by atoms with Crippen molar-refractivity contribution in [1.82, 2.24) is 20.3 Å². The standard InChI is InChI=1S/C36H36F2N6O4/c1-24-16-18-43(44(27-13-7-4-8-14-27)23-36(37,38)31-15-9-10-17-40-31)34(46)28(24)20-33(45)41-21-29-25(2)19-32(39)42-30(29)22-48-35(47)26-11-5-3-6-12-26/h3-15,17,19H,16,18,20-23H2,1-2H3,(H2,39,42)(H,41,45). The number of pyridine rings is 2. The summed E-state index contributed by atoms with van der Waals surface area (Å²) in [6.07, 6.45) is 1.43. The minimum atomic E-state index is -3.39. The van der Waals surface area contributed by atoms with E-state index in [9.17, 15) is 14.4 Å². The van der Waals surface area contributed by atoms with Gasteiger partial charge in [0.25, 0.3) is 5.91 Å². The number of rotatable bonds is 12. The summed E-state index contributed by atoms with van der Waals surface area (Å²) in [5.74, 6) is -4.67. The van der Waals surface area contributed by atoms with Gasteiger partial charge in [0.05, 0.1) is 23.4 Å². The number of ether oxygens (including phenoxy) is 1. The number of esters is 1. The molecular weight excluding hydrogens is 618 g/mol. The van der Waals surface area contributed by atoms with E-state index in [0.29, 0.717) is 34.5 Å². The molecule has 0 atom stereocenters. The number of aryl methyl sites for hydroxylation is 1. The van der Waals surface area contributed by atoms with Gasteiger partial charge < -0.3 is 15.8 Å². The number of nitrogens with zero attached hydrogens (tertiary/aromatic N) is 4. The Bertz CT molecular complexity index is 1800. The molecule has 0 aliphatic carbocycles. The number of hydrogen-bond donors (Lipinski definition) is 2. The molecule has 2 aromatic carbocycles. The highest BCUT2D eigenvalue weighted by molar-refractivity contribution is 6.00. The molecule has 0 saturated heterocycles. The summed E-state index contributed by atoms with van der Waals surface area (Å²) in [6, 6.07) is 22.9. The third kappa shape index (κ3) is 8.00. The highest BCUT2D eigenvalue weighted by Gasteiger charge is 2.40. The van der Waals surface area contributed by atoms with Crippen molar-refractivity contribution in [2.45, 2.75) is 45.8 Å². The molecule has 3 heterocycles. The molecule has 0 radical (unpaired) electrons. The second kappa shape index (κ2) is 14.8. The predicted molar refractivity (Wildman–Crippen MR) is 176 cm³/mol. The maximum absolute atomic E-state index is 15.5. The van der Waals surface area contributed by atoms with Crippen LogP contribution in [0.2, 0.25) is 0 Å². The van der Waals surface area contributed by atoms with E-state index in [2.05, 4.69) is 15.3 Å². The van der Waals surface area contributed by atoms with Crippen molar-refractivity contribution in [3.63, 3.8) is 0 Å². The van der Waals surface area contributed by atoms with E-state index in [1.807, 2.05) is 0 Å². The summed E-state index contributed by atoms with van der Waals surface area (Å²) in [5, 5.41) is 5.37. The molecule has 10 nitrogen and oxygen atoms in total. The van der Waals surface area contributed by atoms with Crippen molar-refractivity contribution < 1.29 is 27.9 Å². The molecule has 0 unspecified atom stereocenters. The number of carbonyl (C=O) groups is 3. The Morgan fingerprint density at radius 2 is 1.71 bits per heavy atom. The number of anilines is 2. The number of amides is 2. The summed E-state index contributed by atoms with van der Waals surface area (Å²) in [5.41, 5.74) is 9.00. The lowest BCUT2D eigenvalue weighted by Crippen LogP contribution is -2.53. The lowest BCUT2D eigenvalue weighted by atomic mass is 9.98. The van der Waals surface area contributed by atoms with Gasteiger partial charge in [-0.25, -0.2) is 14.8 Å². The zero-order valence-corrected chi connectivity index (χ0v) is 26.7. The van der Waals surface area contributed by atoms with Gasteiger partial charge in [0.2, 0.25) is 5.91 Å². The molecule has 0 fully saturated rings. The molecule has 4 aromatic rings. The van der Waals surface area contributed by atoms with Gasteiger partial charge >= 0.3 is 11.9 Å². The van der Waals surface area contributed by atoms with Crippen molar-refractivity contribution in [2.24, 2.45) is 0 Å². The average molecular weight is 655 g/mol. The molecule has 2 aromatic heterocycles. The van der Waals surface area contributed by atoms with Gasteiger partial charge in [0.1, 0.15) is 24.7 Å². The Kier molecular flexibility index (Phi) is 10.4. The van der Waals surface area contributed by atoms with Crippen molar-refractivity contribution in [3.8, 4) is 0 Å². The number of nitrogens with two attached hydrogens (primary N) is 1. The first-order valence-electron chi connectivity index (χ1n) is 15.4. The zero-order valence-electron chi connectivity index (χ0n) is 26.7. The number of para-hydroxylation sites is 1. The Morgan fingerprint density at radius 1 is 1.02 bits per heavy atom. The smallest absolute Gasteiger partial charge is 0.338 e. The van der Waals surface area contributed by atoms with Crippen LogP contribution >= 0.6 is 0 Å². The van der Waals surface area contributed by atoms with Gasteiger partial charge in [-0.05, 0) is 73.9 Å². The molecule has 1 aliphatic heterocycles. The molecule has 2 amide bonds. The Balaban J connectivity index is 1.29. The van der Waals surface area contributed by atoms with E-state index in [1.54, 1.807) is 86.6 Å². The fraction of sp³-hybridized carbons (Fsp3) is 0.250. The van der Waals surface area contributed by atoms with E-state index < -0.39 is 35.9 Å². The van der Waals surface area contributed by atoms with Crippen molar-refractivity contribution in [2.75, 3.05) is 23.8 Å². The number of aromatic nitrogens is 2. The van der Waals surface area contributed by atoms with E-state index in [1.165, 1.54) is 28.3 Å². The second-order valence-corrected chi connectivity index (χ2v) is 11.4. The van der Waals surface area contributed by atoms with Crippen LogP contribution in [0.3, 0.4) is 0 Å². The molecule has 0 saturated carbocycles. The highest BCUT2D eigenvalue weighted by Crippen LogP contribution is 2.33. The summed E-state index contributed by atoms with van der Waals surface area (Å²) in [6.45, 7) is 2.76. The van der Waals surface area contributed by atoms with Crippen LogP contribution in [0.1, 0.15) is 52.6 Å². The van der Waals surface area contributed by atoms with E-state index in [0.717, 1.165) is 5.56 Å². The number of nitrogen functional groups attached to an aromatic ring is 1. The number of hydrazine groups is 1. The van der Waals surface area contributed by atoms with E-state index in [4.69, 9.17) is 10.5 Å². The van der Waals surface area contributed by atoms with Gasteiger partial charge in [0.15, 0.2) is 0 Å². The Labute approximate surface area is 277 Å². The monoisotopic (exact) mass is 654 g/mol. The quantitative estimate of drug-likeness (QED) is 0.192. The van der Waals surface area contributed by atoms with Crippen molar-refractivity contribution >= 4 is 29.3 Å². The first kappa shape index (κ1) is 33.7. The summed E-state index contributed by atoms with van der Waals surface area (Å²) < 4.78 is 36.5. The average Bonchev–Trinajstić information content (AvgIpc) is 3.09. The maximum Gasteiger partial charge on any atom is 0.338 e. The molecule has 48 heavy (non-hydrogen) atoms. The van der Waals surface area contributed by atoms with Gasteiger partial charge in [-0.15, -0.1) is 0 Å². The third-order valence-corrected chi connectivity index (χ3v) is 8.04. The third-order valence-electron chi connectivity index (χ3n) is 8.04. The molecule has 248 valence electrons. The fourth-order valence-corrected chi connectivity index (χ4v) is 5.44. The van der Waals surface area contributed by atoms with Crippen molar-refractivity contribution in [3.05, 3.63) is 130 Å².